The van der Waals surface area contributed by atoms with E-state index < -0.39 is 0 Å². The van der Waals surface area contributed by atoms with Crippen LogP contribution < -0.4 is 4.90 Å². The topological polar surface area (TPSA) is 70.3 Å². The number of fused-ring (bicyclic) bond motifs is 1. The van der Waals surface area contributed by atoms with Gasteiger partial charge in [0, 0.05) is 31.7 Å². The highest BCUT2D eigenvalue weighted by Gasteiger charge is 2.47. The Morgan fingerprint density at radius 3 is 2.40 bits per heavy atom. The summed E-state index contributed by atoms with van der Waals surface area (Å²) in [5.74, 6) is 2.35. The second kappa shape index (κ2) is 7.96. The van der Waals surface area contributed by atoms with Crippen molar-refractivity contribution >= 4 is 41.0 Å². The molecule has 2 fully saturated rings. The molecule has 0 spiro atoms. The molecule has 1 aliphatic carbocycles. The van der Waals surface area contributed by atoms with Crippen LogP contribution in [-0.2, 0) is 5.54 Å². The molecule has 3 aromatic rings. The van der Waals surface area contributed by atoms with Crippen LogP contribution in [0.1, 0.15) is 18.7 Å². The summed E-state index contributed by atoms with van der Waals surface area (Å²) in [6.07, 6.45) is 1.80. The highest BCUT2D eigenvalue weighted by molar-refractivity contribution is 6.33. The molecule has 9 heteroatoms. The normalized spacial score (nSPS) is 18.5. The van der Waals surface area contributed by atoms with Crippen LogP contribution in [0.2, 0.25) is 5.02 Å². The van der Waals surface area contributed by atoms with Crippen LogP contribution in [0.5, 0.6) is 0 Å². The summed E-state index contributed by atoms with van der Waals surface area (Å²) >= 11 is 6.54. The van der Waals surface area contributed by atoms with E-state index in [0.29, 0.717) is 10.8 Å². The van der Waals surface area contributed by atoms with E-state index in [1.165, 1.54) is 0 Å². The lowest BCUT2D eigenvalue weighted by atomic mass is 10.2. The molecule has 2 aliphatic rings. The van der Waals surface area contributed by atoms with Crippen LogP contribution in [0.3, 0.4) is 0 Å². The van der Waals surface area contributed by atoms with Crippen molar-refractivity contribution in [2.45, 2.75) is 25.3 Å². The van der Waals surface area contributed by atoms with Crippen LogP contribution in [0.4, 0.5) is 5.82 Å². The predicted molar refractivity (Wildman–Crippen MR) is 122 cm³/mol. The van der Waals surface area contributed by atoms with Crippen LogP contribution in [0, 0.1) is 6.92 Å². The minimum Gasteiger partial charge on any atom is -0.394 e. The number of nitrogens with zero attached hydrogens (tertiary/aromatic N) is 6. The first kappa shape index (κ1) is 21.3. The minimum absolute atomic E-state index is 0. The van der Waals surface area contributed by atoms with Gasteiger partial charge in [-0.15, -0.1) is 12.4 Å². The fourth-order valence-electron chi connectivity index (χ4n) is 4.16. The SMILES string of the molecule is Cc1nc(N2CCN(C)CC2)c2nc(-c3ccccc3Cl)n(C3(CO)CC3)c2n1.Cl. The highest BCUT2D eigenvalue weighted by atomic mass is 35.5. The fourth-order valence-corrected chi connectivity index (χ4v) is 4.38. The average molecular weight is 449 g/mol. The lowest BCUT2D eigenvalue weighted by Crippen LogP contribution is -2.45. The van der Waals surface area contributed by atoms with Crippen molar-refractivity contribution in [3.05, 3.63) is 35.1 Å². The lowest BCUT2D eigenvalue weighted by molar-refractivity contribution is 0.216. The Labute approximate surface area is 187 Å². The van der Waals surface area contributed by atoms with Gasteiger partial charge in [-0.25, -0.2) is 15.0 Å². The van der Waals surface area contributed by atoms with Crippen molar-refractivity contribution in [1.29, 1.82) is 0 Å². The Morgan fingerprint density at radius 1 is 1.07 bits per heavy atom. The summed E-state index contributed by atoms with van der Waals surface area (Å²) in [5, 5.41) is 10.8. The summed E-state index contributed by atoms with van der Waals surface area (Å²) in [6.45, 7) is 5.77. The maximum Gasteiger partial charge on any atom is 0.166 e. The number of aromatic nitrogens is 4. The van der Waals surface area contributed by atoms with E-state index in [0.717, 1.165) is 67.4 Å². The van der Waals surface area contributed by atoms with Gasteiger partial charge in [-0.2, -0.15) is 0 Å². The Hall–Kier alpha value is -1.93. The highest BCUT2D eigenvalue weighted by Crippen LogP contribution is 2.48. The number of anilines is 1. The van der Waals surface area contributed by atoms with Crippen molar-refractivity contribution in [3.63, 3.8) is 0 Å². The molecule has 3 heterocycles. The number of benzene rings is 1. The van der Waals surface area contributed by atoms with E-state index in [1.807, 2.05) is 31.2 Å². The number of likely N-dealkylation sites (N-methyl/N-ethyl adjacent to an activating group) is 1. The Morgan fingerprint density at radius 2 is 1.77 bits per heavy atom. The number of rotatable bonds is 4. The molecule has 5 rings (SSSR count). The molecule has 0 atom stereocenters. The molecule has 1 aliphatic heterocycles. The second-order valence-corrected chi connectivity index (χ2v) is 8.60. The molecule has 0 bridgehead atoms. The van der Waals surface area contributed by atoms with Crippen molar-refractivity contribution in [2.75, 3.05) is 44.7 Å². The first-order valence-corrected chi connectivity index (χ1v) is 10.5. The van der Waals surface area contributed by atoms with Gasteiger partial charge in [-0.05, 0) is 38.9 Å². The third-order valence-electron chi connectivity index (χ3n) is 6.11. The third kappa shape index (κ3) is 3.43. The van der Waals surface area contributed by atoms with Gasteiger partial charge in [0.25, 0.3) is 0 Å². The third-order valence-corrected chi connectivity index (χ3v) is 6.44. The van der Waals surface area contributed by atoms with Gasteiger partial charge in [-0.3, -0.25) is 4.57 Å². The van der Waals surface area contributed by atoms with Gasteiger partial charge in [-0.1, -0.05) is 23.7 Å². The minimum atomic E-state index is -0.358. The van der Waals surface area contributed by atoms with Gasteiger partial charge < -0.3 is 14.9 Å². The molecule has 30 heavy (non-hydrogen) atoms. The maximum absolute atomic E-state index is 10.2. The number of halogens is 2. The fraction of sp³-hybridized carbons (Fsp3) is 0.476. The monoisotopic (exact) mass is 448 g/mol. The zero-order valence-electron chi connectivity index (χ0n) is 17.2. The number of hydrogen-bond acceptors (Lipinski definition) is 6. The van der Waals surface area contributed by atoms with E-state index in [9.17, 15) is 5.11 Å². The Bertz CT molecular complexity index is 1070. The van der Waals surface area contributed by atoms with Crippen LogP contribution in [0.25, 0.3) is 22.6 Å². The number of aliphatic hydroxyl groups is 1. The zero-order valence-corrected chi connectivity index (χ0v) is 18.7. The molecule has 1 saturated heterocycles. The zero-order chi connectivity index (χ0) is 20.2. The molecule has 1 N–H and O–H groups in total. The molecule has 0 radical (unpaired) electrons. The standard InChI is InChI=1S/C21H25ClN6O.ClH/c1-14-23-19(27-11-9-26(2)10-12-27)17-20(24-14)28(21(13-29)7-8-21)18(25-17)15-5-3-4-6-16(15)22;/h3-6,29H,7-13H2,1-2H3;1H. The van der Waals surface area contributed by atoms with E-state index in [1.54, 1.807) is 0 Å². The summed E-state index contributed by atoms with van der Waals surface area (Å²) in [5.41, 5.74) is 2.07. The molecule has 0 amide bonds. The molecular formula is C21H26Cl2N6O. The molecular weight excluding hydrogens is 423 g/mol. The molecule has 2 aromatic heterocycles. The number of hydrogen-bond donors (Lipinski definition) is 1. The van der Waals surface area contributed by atoms with Crippen molar-refractivity contribution in [1.82, 2.24) is 24.4 Å². The summed E-state index contributed by atoms with van der Waals surface area (Å²) in [6, 6.07) is 7.72. The molecule has 7 nitrogen and oxygen atoms in total. The van der Waals surface area contributed by atoms with E-state index >= 15 is 0 Å². The Kier molecular flexibility index (Phi) is 5.66. The lowest BCUT2D eigenvalue weighted by Gasteiger charge is -2.33. The number of imidazole rings is 1. The quantitative estimate of drug-likeness (QED) is 0.660. The van der Waals surface area contributed by atoms with Crippen molar-refractivity contribution < 1.29 is 5.11 Å². The molecule has 1 saturated carbocycles. The van der Waals surface area contributed by atoms with Gasteiger partial charge >= 0.3 is 0 Å². The van der Waals surface area contributed by atoms with Crippen LogP contribution in [0.15, 0.2) is 24.3 Å². The van der Waals surface area contributed by atoms with Gasteiger partial charge in [0.15, 0.2) is 17.0 Å². The van der Waals surface area contributed by atoms with Crippen molar-refractivity contribution in [2.24, 2.45) is 0 Å². The van der Waals surface area contributed by atoms with Gasteiger partial charge in [0.2, 0.25) is 0 Å². The average Bonchev–Trinajstić information content (AvgIpc) is 3.42. The van der Waals surface area contributed by atoms with Gasteiger partial charge in [0.1, 0.15) is 11.6 Å². The van der Waals surface area contributed by atoms with E-state index in [2.05, 4.69) is 21.4 Å². The van der Waals surface area contributed by atoms with Gasteiger partial charge in [0.05, 0.1) is 17.2 Å². The predicted octanol–water partition coefficient (Wildman–Crippen LogP) is 3.11. The summed E-state index contributed by atoms with van der Waals surface area (Å²) < 4.78 is 2.11. The molecule has 1 aromatic carbocycles. The number of piperazine rings is 1. The largest absolute Gasteiger partial charge is 0.394 e. The first-order chi connectivity index (χ1) is 14.0. The maximum atomic E-state index is 10.2. The van der Waals surface area contributed by atoms with Crippen molar-refractivity contribution in [3.8, 4) is 11.4 Å². The first-order valence-electron chi connectivity index (χ1n) is 10.1. The van der Waals surface area contributed by atoms with Crippen LogP contribution in [-0.4, -0.2) is 69.4 Å². The van der Waals surface area contributed by atoms with Crippen LogP contribution >= 0.6 is 24.0 Å². The van der Waals surface area contributed by atoms with E-state index in [4.69, 9.17) is 26.6 Å². The summed E-state index contributed by atoms with van der Waals surface area (Å²) in [4.78, 5) is 19.2. The number of aryl methyl sites for hydroxylation is 1. The molecule has 160 valence electrons. The molecule has 0 unspecified atom stereocenters. The van der Waals surface area contributed by atoms with E-state index in [-0.39, 0.29) is 24.6 Å². The summed E-state index contributed by atoms with van der Waals surface area (Å²) in [7, 11) is 2.14. The number of aliphatic hydroxyl groups excluding tert-OH is 1. The second-order valence-electron chi connectivity index (χ2n) is 8.19. The smallest absolute Gasteiger partial charge is 0.166 e. The Balaban J connectivity index is 0.00000218.